The standard InChI is InChI=1S/C11H16BrNOS/c1-4-11(2,3)7-13-10(14)8-5-6-9(12)15-8/h5-6H,4,7H2,1-3H3,(H,13,14). The van der Waals surface area contributed by atoms with Crippen molar-refractivity contribution in [2.45, 2.75) is 27.2 Å². The number of carbonyl (C=O) groups excluding carboxylic acids is 1. The molecule has 4 heteroatoms. The molecule has 2 nitrogen and oxygen atoms in total. The number of nitrogens with one attached hydrogen (secondary N) is 1. The highest BCUT2D eigenvalue weighted by Crippen LogP contribution is 2.22. The Bertz CT molecular complexity index is 346. The fourth-order valence-corrected chi connectivity index (χ4v) is 2.27. The third-order valence-electron chi connectivity index (χ3n) is 2.48. The fourth-order valence-electron chi connectivity index (χ4n) is 0.968. The summed E-state index contributed by atoms with van der Waals surface area (Å²) in [7, 11) is 0. The summed E-state index contributed by atoms with van der Waals surface area (Å²) >= 11 is 4.80. The molecule has 0 unspecified atom stereocenters. The van der Waals surface area contributed by atoms with Crippen molar-refractivity contribution in [3.63, 3.8) is 0 Å². The van der Waals surface area contributed by atoms with Crippen molar-refractivity contribution in [2.24, 2.45) is 5.41 Å². The lowest BCUT2D eigenvalue weighted by Gasteiger charge is -2.22. The first-order chi connectivity index (χ1) is 6.94. The molecule has 0 aliphatic carbocycles. The molecule has 1 aromatic heterocycles. The molecule has 0 fully saturated rings. The smallest absolute Gasteiger partial charge is 0.261 e. The quantitative estimate of drug-likeness (QED) is 0.900. The third kappa shape index (κ3) is 3.95. The largest absolute Gasteiger partial charge is 0.351 e. The van der Waals surface area contributed by atoms with E-state index < -0.39 is 0 Å². The zero-order chi connectivity index (χ0) is 11.5. The number of hydrogen-bond acceptors (Lipinski definition) is 2. The van der Waals surface area contributed by atoms with E-state index in [1.807, 2.05) is 12.1 Å². The van der Waals surface area contributed by atoms with Crippen LogP contribution in [0.5, 0.6) is 0 Å². The van der Waals surface area contributed by atoms with E-state index >= 15 is 0 Å². The van der Waals surface area contributed by atoms with Crippen molar-refractivity contribution >= 4 is 33.2 Å². The lowest BCUT2D eigenvalue weighted by Crippen LogP contribution is -2.33. The van der Waals surface area contributed by atoms with Crippen LogP contribution in [0.4, 0.5) is 0 Å². The SMILES string of the molecule is CCC(C)(C)CNC(=O)c1ccc(Br)s1. The van der Waals surface area contributed by atoms with Crippen LogP contribution in [0.2, 0.25) is 0 Å². The molecule has 84 valence electrons. The predicted molar refractivity (Wildman–Crippen MR) is 68.4 cm³/mol. The van der Waals surface area contributed by atoms with E-state index in [2.05, 4.69) is 42.0 Å². The average Bonchev–Trinajstić information content (AvgIpc) is 2.61. The van der Waals surface area contributed by atoms with Crippen molar-refractivity contribution in [3.8, 4) is 0 Å². The number of halogens is 1. The van der Waals surface area contributed by atoms with Crippen LogP contribution in [0, 0.1) is 5.41 Å². The third-order valence-corrected chi connectivity index (χ3v) is 4.10. The van der Waals surface area contributed by atoms with Gasteiger partial charge in [0, 0.05) is 6.54 Å². The number of hydrogen-bond donors (Lipinski definition) is 1. The van der Waals surface area contributed by atoms with Gasteiger partial charge in [0.15, 0.2) is 0 Å². The highest BCUT2D eigenvalue weighted by Gasteiger charge is 2.17. The van der Waals surface area contributed by atoms with E-state index in [1.165, 1.54) is 11.3 Å². The topological polar surface area (TPSA) is 29.1 Å². The number of amides is 1. The number of thiophene rings is 1. The van der Waals surface area contributed by atoms with Gasteiger partial charge in [0.25, 0.3) is 5.91 Å². The minimum Gasteiger partial charge on any atom is -0.351 e. The summed E-state index contributed by atoms with van der Waals surface area (Å²) < 4.78 is 0.988. The Balaban J connectivity index is 2.50. The van der Waals surface area contributed by atoms with Crippen molar-refractivity contribution in [1.82, 2.24) is 5.32 Å². The highest BCUT2D eigenvalue weighted by molar-refractivity contribution is 9.11. The van der Waals surface area contributed by atoms with Gasteiger partial charge in [-0.3, -0.25) is 4.79 Å². The zero-order valence-electron chi connectivity index (χ0n) is 9.26. The number of carbonyl (C=O) groups is 1. The van der Waals surface area contributed by atoms with E-state index in [0.29, 0.717) is 0 Å². The Morgan fingerprint density at radius 3 is 2.67 bits per heavy atom. The Labute approximate surface area is 103 Å². The molecule has 0 bridgehead atoms. The lowest BCUT2D eigenvalue weighted by molar-refractivity contribution is 0.0940. The summed E-state index contributed by atoms with van der Waals surface area (Å²) in [5.74, 6) is 0.0206. The van der Waals surface area contributed by atoms with Gasteiger partial charge in [-0.15, -0.1) is 11.3 Å². The fraction of sp³-hybridized carbons (Fsp3) is 0.545. The molecule has 0 aliphatic heterocycles. The molecule has 0 atom stereocenters. The maximum atomic E-state index is 11.7. The van der Waals surface area contributed by atoms with Gasteiger partial charge in [0.05, 0.1) is 8.66 Å². The summed E-state index contributed by atoms with van der Waals surface area (Å²) in [4.78, 5) is 12.5. The van der Waals surface area contributed by atoms with Crippen molar-refractivity contribution in [1.29, 1.82) is 0 Å². The second-order valence-corrected chi connectivity index (χ2v) is 6.77. The lowest BCUT2D eigenvalue weighted by atomic mass is 9.90. The van der Waals surface area contributed by atoms with Crippen LogP contribution in [0.25, 0.3) is 0 Å². The van der Waals surface area contributed by atoms with E-state index in [1.54, 1.807) is 0 Å². The molecule has 1 amide bonds. The van der Waals surface area contributed by atoms with Crippen LogP contribution in [-0.2, 0) is 0 Å². The van der Waals surface area contributed by atoms with Crippen LogP contribution in [0.15, 0.2) is 15.9 Å². The van der Waals surface area contributed by atoms with Gasteiger partial charge >= 0.3 is 0 Å². The van der Waals surface area contributed by atoms with Gasteiger partial charge in [-0.2, -0.15) is 0 Å². The van der Waals surface area contributed by atoms with Crippen molar-refractivity contribution < 1.29 is 4.79 Å². The number of rotatable bonds is 4. The molecule has 1 rings (SSSR count). The first-order valence-electron chi connectivity index (χ1n) is 4.98. The summed E-state index contributed by atoms with van der Waals surface area (Å²) in [6.45, 7) is 7.15. The van der Waals surface area contributed by atoms with Gasteiger partial charge in [0.2, 0.25) is 0 Å². The van der Waals surface area contributed by atoms with Crippen molar-refractivity contribution in [3.05, 3.63) is 20.8 Å². The summed E-state index contributed by atoms with van der Waals surface area (Å²) in [5.41, 5.74) is 0.171. The van der Waals surface area contributed by atoms with E-state index in [9.17, 15) is 4.79 Å². The van der Waals surface area contributed by atoms with Crippen LogP contribution in [0.3, 0.4) is 0 Å². The van der Waals surface area contributed by atoms with Gasteiger partial charge in [-0.05, 0) is 39.9 Å². The Morgan fingerprint density at radius 1 is 1.53 bits per heavy atom. The first-order valence-corrected chi connectivity index (χ1v) is 6.59. The van der Waals surface area contributed by atoms with Gasteiger partial charge in [-0.25, -0.2) is 0 Å². The minimum absolute atomic E-state index is 0.0206. The average molecular weight is 290 g/mol. The Morgan fingerprint density at radius 2 is 2.20 bits per heavy atom. The van der Waals surface area contributed by atoms with Crippen LogP contribution >= 0.6 is 27.3 Å². The summed E-state index contributed by atoms with van der Waals surface area (Å²) in [6.07, 6.45) is 1.06. The molecule has 0 saturated carbocycles. The van der Waals surface area contributed by atoms with E-state index in [4.69, 9.17) is 0 Å². The predicted octanol–water partition coefficient (Wildman–Crippen LogP) is 3.68. The monoisotopic (exact) mass is 289 g/mol. The molecule has 0 saturated heterocycles. The summed E-state index contributed by atoms with van der Waals surface area (Å²) in [6, 6.07) is 3.73. The molecular formula is C11H16BrNOS. The summed E-state index contributed by atoms with van der Waals surface area (Å²) in [5, 5.41) is 2.95. The normalized spacial score (nSPS) is 11.5. The molecule has 0 radical (unpaired) electrons. The Hall–Kier alpha value is -0.350. The molecule has 0 aliphatic rings. The molecule has 1 aromatic rings. The van der Waals surface area contributed by atoms with Gasteiger partial charge < -0.3 is 5.32 Å². The van der Waals surface area contributed by atoms with Crippen LogP contribution in [-0.4, -0.2) is 12.5 Å². The van der Waals surface area contributed by atoms with E-state index in [0.717, 1.165) is 21.6 Å². The van der Waals surface area contributed by atoms with E-state index in [-0.39, 0.29) is 11.3 Å². The maximum Gasteiger partial charge on any atom is 0.261 e. The molecule has 0 spiro atoms. The molecule has 1 N–H and O–H groups in total. The minimum atomic E-state index is 0.0206. The Kier molecular flexibility index (Phi) is 4.34. The zero-order valence-corrected chi connectivity index (χ0v) is 11.7. The highest BCUT2D eigenvalue weighted by atomic mass is 79.9. The molecule has 0 aromatic carbocycles. The first kappa shape index (κ1) is 12.7. The maximum absolute atomic E-state index is 11.7. The van der Waals surface area contributed by atoms with Crippen LogP contribution < -0.4 is 5.32 Å². The molecule has 1 heterocycles. The second-order valence-electron chi connectivity index (χ2n) is 4.30. The van der Waals surface area contributed by atoms with Crippen molar-refractivity contribution in [2.75, 3.05) is 6.54 Å². The second kappa shape index (κ2) is 5.12. The molecular weight excluding hydrogens is 274 g/mol. The molecule has 15 heavy (non-hydrogen) atoms. The van der Waals surface area contributed by atoms with Gasteiger partial charge in [-0.1, -0.05) is 20.8 Å². The van der Waals surface area contributed by atoms with Gasteiger partial charge in [0.1, 0.15) is 0 Å². The van der Waals surface area contributed by atoms with Crippen LogP contribution in [0.1, 0.15) is 36.9 Å².